The van der Waals surface area contributed by atoms with Crippen molar-refractivity contribution < 1.29 is 4.39 Å². The molecule has 0 aliphatic rings. The molecule has 0 saturated carbocycles. The molecular weight excluding hydrogens is 271 g/mol. The van der Waals surface area contributed by atoms with E-state index in [4.69, 9.17) is 5.84 Å². The molecule has 0 radical (unpaired) electrons. The predicted molar refractivity (Wildman–Crippen MR) is 76.5 cm³/mol. The topological polar surface area (TPSA) is 81.7 Å². The van der Waals surface area contributed by atoms with E-state index in [9.17, 15) is 4.39 Å². The predicted octanol–water partition coefficient (Wildman–Crippen LogP) is 1.25. The molecule has 0 amide bonds. The van der Waals surface area contributed by atoms with Crippen LogP contribution in [0.5, 0.6) is 0 Å². The zero-order valence-electron chi connectivity index (χ0n) is 11.5. The van der Waals surface area contributed by atoms with E-state index in [2.05, 4.69) is 20.8 Å². The van der Waals surface area contributed by atoms with Gasteiger partial charge in [0.2, 0.25) is 0 Å². The number of fused-ring (bicyclic) bond motifs is 1. The lowest BCUT2D eigenvalue weighted by molar-refractivity contribution is 0.538. The minimum Gasteiger partial charge on any atom is -0.271 e. The largest absolute Gasteiger partial charge is 0.271 e. The van der Waals surface area contributed by atoms with E-state index >= 15 is 0 Å². The number of hydrogen-bond donors (Lipinski definition) is 2. The first-order chi connectivity index (χ1) is 10.2. The van der Waals surface area contributed by atoms with Crippen LogP contribution in [0.1, 0.15) is 17.4 Å². The second-order valence-corrected chi connectivity index (χ2v) is 4.80. The van der Waals surface area contributed by atoms with Gasteiger partial charge in [0.25, 0.3) is 0 Å². The fourth-order valence-electron chi connectivity index (χ4n) is 2.44. The van der Waals surface area contributed by atoms with Crippen LogP contribution in [0.3, 0.4) is 0 Å². The van der Waals surface area contributed by atoms with Crippen LogP contribution in [0.25, 0.3) is 10.8 Å². The highest BCUT2D eigenvalue weighted by Gasteiger charge is 2.17. The number of tetrazole rings is 1. The van der Waals surface area contributed by atoms with E-state index in [-0.39, 0.29) is 11.9 Å². The summed E-state index contributed by atoms with van der Waals surface area (Å²) in [5.74, 6) is 5.99. The van der Waals surface area contributed by atoms with Gasteiger partial charge in [-0.3, -0.25) is 11.3 Å². The van der Waals surface area contributed by atoms with E-state index in [0.717, 1.165) is 10.9 Å². The molecule has 3 N–H and O–H groups in total. The lowest BCUT2D eigenvalue weighted by Gasteiger charge is -2.17. The van der Waals surface area contributed by atoms with Crippen LogP contribution in [0.2, 0.25) is 0 Å². The van der Waals surface area contributed by atoms with Gasteiger partial charge in [-0.2, -0.15) is 4.80 Å². The monoisotopic (exact) mass is 286 g/mol. The Balaban J connectivity index is 2.03. The summed E-state index contributed by atoms with van der Waals surface area (Å²) in [7, 11) is 1.70. The summed E-state index contributed by atoms with van der Waals surface area (Å²) in [6.45, 7) is 0. The van der Waals surface area contributed by atoms with E-state index in [1.807, 2.05) is 18.2 Å². The third-order valence-electron chi connectivity index (χ3n) is 3.42. The molecule has 0 fully saturated rings. The number of hydrogen-bond acceptors (Lipinski definition) is 5. The molecule has 3 rings (SSSR count). The molecule has 21 heavy (non-hydrogen) atoms. The zero-order valence-corrected chi connectivity index (χ0v) is 11.5. The fraction of sp³-hybridized carbons (Fsp3) is 0.214. The molecule has 1 atom stereocenters. The number of nitrogens with zero attached hydrogens (tertiary/aromatic N) is 4. The van der Waals surface area contributed by atoms with E-state index in [0.29, 0.717) is 17.6 Å². The molecule has 1 aromatic heterocycles. The average Bonchev–Trinajstić information content (AvgIpc) is 2.91. The Morgan fingerprint density at radius 1 is 1.24 bits per heavy atom. The molecule has 0 aliphatic heterocycles. The average molecular weight is 286 g/mol. The first-order valence-corrected chi connectivity index (χ1v) is 6.55. The van der Waals surface area contributed by atoms with Gasteiger partial charge in [-0.05, 0) is 22.2 Å². The van der Waals surface area contributed by atoms with E-state index in [1.165, 1.54) is 10.9 Å². The number of rotatable bonds is 4. The van der Waals surface area contributed by atoms with Crippen LogP contribution >= 0.6 is 0 Å². The van der Waals surface area contributed by atoms with Crippen molar-refractivity contribution in [3.63, 3.8) is 0 Å². The summed E-state index contributed by atoms with van der Waals surface area (Å²) in [6, 6.07) is 10.3. The molecule has 1 heterocycles. The number of nitrogens with two attached hydrogens (primary N) is 1. The first-order valence-electron chi connectivity index (χ1n) is 6.55. The molecule has 1 unspecified atom stereocenters. The van der Waals surface area contributed by atoms with Gasteiger partial charge in [0, 0.05) is 11.8 Å². The van der Waals surface area contributed by atoms with Crippen molar-refractivity contribution in [3.05, 3.63) is 53.6 Å². The summed E-state index contributed by atoms with van der Waals surface area (Å²) < 4.78 is 13.9. The molecule has 0 saturated heterocycles. The summed E-state index contributed by atoms with van der Waals surface area (Å²) in [4.78, 5) is 1.39. The molecule has 7 heteroatoms. The molecule has 0 spiro atoms. The molecular formula is C14H15FN6. The number of nitrogens with one attached hydrogen (secondary N) is 1. The van der Waals surface area contributed by atoms with Gasteiger partial charge in [0.1, 0.15) is 5.82 Å². The van der Waals surface area contributed by atoms with Crippen molar-refractivity contribution in [2.45, 2.75) is 12.5 Å². The van der Waals surface area contributed by atoms with Crippen LogP contribution in [0.15, 0.2) is 36.4 Å². The summed E-state index contributed by atoms with van der Waals surface area (Å²) in [5, 5.41) is 13.3. The Hall–Kier alpha value is -2.38. The second-order valence-electron chi connectivity index (χ2n) is 4.80. The lowest BCUT2D eigenvalue weighted by Crippen LogP contribution is -2.30. The van der Waals surface area contributed by atoms with Crippen molar-refractivity contribution in [1.82, 2.24) is 25.6 Å². The van der Waals surface area contributed by atoms with Gasteiger partial charge >= 0.3 is 0 Å². The van der Waals surface area contributed by atoms with Gasteiger partial charge in [-0.25, -0.2) is 4.39 Å². The maximum Gasteiger partial charge on any atom is 0.176 e. The Labute approximate surface area is 120 Å². The van der Waals surface area contributed by atoms with Crippen LogP contribution in [0, 0.1) is 5.82 Å². The minimum absolute atomic E-state index is 0.223. The third kappa shape index (κ3) is 2.61. The number of benzene rings is 2. The Kier molecular flexibility index (Phi) is 3.59. The molecule has 0 bridgehead atoms. The summed E-state index contributed by atoms with van der Waals surface area (Å²) >= 11 is 0. The standard InChI is InChI=1S/C14H15FN6/c1-21-19-14(18-20-21)8-13(17-16)11-6-7-12(15)10-5-3-2-4-9(10)11/h2-7,13,17H,8,16H2,1H3. The van der Waals surface area contributed by atoms with Gasteiger partial charge < -0.3 is 0 Å². The highest BCUT2D eigenvalue weighted by atomic mass is 19.1. The van der Waals surface area contributed by atoms with Gasteiger partial charge in [-0.15, -0.1) is 10.2 Å². The van der Waals surface area contributed by atoms with Gasteiger partial charge in [0.05, 0.1) is 13.1 Å². The minimum atomic E-state index is -0.247. The van der Waals surface area contributed by atoms with Crippen molar-refractivity contribution in [2.75, 3.05) is 0 Å². The summed E-state index contributed by atoms with van der Waals surface area (Å²) in [5.41, 5.74) is 3.65. The number of aromatic nitrogens is 4. The molecule has 0 aliphatic carbocycles. The SMILES string of the molecule is Cn1nnc(CC(NN)c2ccc(F)c3ccccc23)n1. The maximum atomic E-state index is 13.9. The highest BCUT2D eigenvalue weighted by molar-refractivity contribution is 5.86. The second kappa shape index (κ2) is 5.55. The van der Waals surface area contributed by atoms with E-state index in [1.54, 1.807) is 19.2 Å². The Morgan fingerprint density at radius 3 is 2.67 bits per heavy atom. The fourth-order valence-corrected chi connectivity index (χ4v) is 2.44. The van der Waals surface area contributed by atoms with Crippen LogP contribution in [0.4, 0.5) is 4.39 Å². The molecule has 2 aromatic carbocycles. The van der Waals surface area contributed by atoms with Gasteiger partial charge in [-0.1, -0.05) is 30.3 Å². The highest BCUT2D eigenvalue weighted by Crippen LogP contribution is 2.27. The van der Waals surface area contributed by atoms with E-state index < -0.39 is 0 Å². The maximum absolute atomic E-state index is 13.9. The Bertz CT molecular complexity index is 769. The van der Waals surface area contributed by atoms with Crippen LogP contribution in [-0.4, -0.2) is 20.2 Å². The van der Waals surface area contributed by atoms with Gasteiger partial charge in [0.15, 0.2) is 5.82 Å². The number of hydrazine groups is 1. The Morgan fingerprint density at radius 2 is 2.00 bits per heavy atom. The normalized spacial score (nSPS) is 12.7. The number of aryl methyl sites for hydroxylation is 1. The molecule has 6 nitrogen and oxygen atoms in total. The summed E-state index contributed by atoms with van der Waals surface area (Å²) in [6.07, 6.45) is 0.472. The van der Waals surface area contributed by atoms with Crippen molar-refractivity contribution in [3.8, 4) is 0 Å². The zero-order chi connectivity index (χ0) is 14.8. The van der Waals surface area contributed by atoms with Crippen LogP contribution in [-0.2, 0) is 13.5 Å². The molecule has 3 aromatic rings. The smallest absolute Gasteiger partial charge is 0.176 e. The number of halogens is 1. The third-order valence-corrected chi connectivity index (χ3v) is 3.42. The van der Waals surface area contributed by atoms with Crippen molar-refractivity contribution >= 4 is 10.8 Å². The van der Waals surface area contributed by atoms with Crippen molar-refractivity contribution in [1.29, 1.82) is 0 Å². The van der Waals surface area contributed by atoms with Crippen LogP contribution < -0.4 is 11.3 Å². The lowest BCUT2D eigenvalue weighted by atomic mass is 9.96. The quantitative estimate of drug-likeness (QED) is 0.557. The first kappa shape index (κ1) is 13.6. The molecule has 108 valence electrons. The van der Waals surface area contributed by atoms with Crippen molar-refractivity contribution in [2.24, 2.45) is 12.9 Å².